The van der Waals surface area contributed by atoms with Gasteiger partial charge in [0.25, 0.3) is 0 Å². The van der Waals surface area contributed by atoms with Crippen LogP contribution in [0.15, 0.2) is 36.7 Å². The average Bonchev–Trinajstić information content (AvgIpc) is 3.05. The van der Waals surface area contributed by atoms with Crippen molar-refractivity contribution in [2.24, 2.45) is 0 Å². The van der Waals surface area contributed by atoms with E-state index >= 15 is 0 Å². The molecule has 5 nitrogen and oxygen atoms in total. The molecule has 1 amide bonds. The molecule has 3 heterocycles. The van der Waals surface area contributed by atoms with Crippen LogP contribution in [0.2, 0.25) is 0 Å². The third kappa shape index (κ3) is 3.02. The van der Waals surface area contributed by atoms with E-state index in [0.29, 0.717) is 11.4 Å². The Labute approximate surface area is 123 Å². The molecule has 0 bridgehead atoms. The first-order chi connectivity index (χ1) is 10.2. The molecule has 0 unspecified atom stereocenters. The molecule has 0 spiro atoms. The van der Waals surface area contributed by atoms with E-state index in [4.69, 9.17) is 5.73 Å². The molecule has 2 aromatic heterocycles. The first-order valence-corrected chi connectivity index (χ1v) is 7.17. The van der Waals surface area contributed by atoms with Crippen molar-refractivity contribution in [2.75, 3.05) is 18.8 Å². The lowest BCUT2D eigenvalue weighted by molar-refractivity contribution is -0.129. The Hall–Kier alpha value is -2.43. The van der Waals surface area contributed by atoms with Crippen LogP contribution in [0, 0.1) is 0 Å². The van der Waals surface area contributed by atoms with Crippen LogP contribution in [-0.4, -0.2) is 33.9 Å². The molecule has 2 aromatic rings. The molecule has 108 valence electrons. The summed E-state index contributed by atoms with van der Waals surface area (Å²) in [6, 6.07) is 7.47. The summed E-state index contributed by atoms with van der Waals surface area (Å²) in [6.07, 6.45) is 5.91. The third-order valence-electron chi connectivity index (χ3n) is 3.74. The molecule has 0 aromatic carbocycles. The molecular formula is C16H18N4O. The Morgan fingerprint density at radius 2 is 2.05 bits per heavy atom. The predicted octanol–water partition coefficient (Wildman–Crippen LogP) is 1.89. The lowest BCUT2D eigenvalue weighted by Crippen LogP contribution is -2.29. The van der Waals surface area contributed by atoms with Gasteiger partial charge in [-0.05, 0) is 37.1 Å². The largest absolute Gasteiger partial charge is 0.397 e. The molecule has 1 fully saturated rings. The second-order valence-electron chi connectivity index (χ2n) is 5.24. The van der Waals surface area contributed by atoms with Crippen LogP contribution >= 0.6 is 0 Å². The van der Waals surface area contributed by atoms with E-state index in [1.54, 1.807) is 12.4 Å². The van der Waals surface area contributed by atoms with Gasteiger partial charge in [0, 0.05) is 31.0 Å². The number of anilines is 1. The first-order valence-electron chi connectivity index (χ1n) is 7.17. The number of rotatable bonds is 3. The summed E-state index contributed by atoms with van der Waals surface area (Å²) in [7, 11) is 0. The van der Waals surface area contributed by atoms with Crippen molar-refractivity contribution in [1.82, 2.24) is 14.9 Å². The zero-order valence-corrected chi connectivity index (χ0v) is 11.8. The number of hydrogen-bond donors (Lipinski definition) is 1. The molecule has 0 atom stereocenters. The third-order valence-corrected chi connectivity index (χ3v) is 3.74. The SMILES string of the molecule is Nc1ccc(-c2cccnc2)nc1CC(=O)N1CCCC1. The number of nitrogens with two attached hydrogens (primary N) is 1. The number of likely N-dealkylation sites (tertiary alicyclic amines) is 1. The maximum Gasteiger partial charge on any atom is 0.228 e. The second kappa shape index (κ2) is 5.91. The zero-order chi connectivity index (χ0) is 14.7. The van der Waals surface area contributed by atoms with Crippen molar-refractivity contribution in [3.8, 4) is 11.3 Å². The van der Waals surface area contributed by atoms with Crippen molar-refractivity contribution < 1.29 is 4.79 Å². The molecule has 5 heteroatoms. The van der Waals surface area contributed by atoms with E-state index in [0.717, 1.165) is 37.2 Å². The molecule has 2 N–H and O–H groups in total. The minimum atomic E-state index is 0.107. The van der Waals surface area contributed by atoms with Crippen molar-refractivity contribution in [3.63, 3.8) is 0 Å². The van der Waals surface area contributed by atoms with Crippen molar-refractivity contribution in [3.05, 3.63) is 42.4 Å². The first kappa shape index (κ1) is 13.5. The maximum absolute atomic E-state index is 12.2. The summed E-state index contributed by atoms with van der Waals surface area (Å²) < 4.78 is 0. The van der Waals surface area contributed by atoms with Gasteiger partial charge in [0.15, 0.2) is 0 Å². The fraction of sp³-hybridized carbons (Fsp3) is 0.312. The summed E-state index contributed by atoms with van der Waals surface area (Å²) in [4.78, 5) is 22.8. The van der Waals surface area contributed by atoms with Gasteiger partial charge in [-0.3, -0.25) is 14.8 Å². The molecule has 0 aliphatic carbocycles. The summed E-state index contributed by atoms with van der Waals surface area (Å²) in [5.41, 5.74) is 8.89. The van der Waals surface area contributed by atoms with Gasteiger partial charge in [0.1, 0.15) is 0 Å². The number of nitrogen functional groups attached to an aromatic ring is 1. The standard InChI is InChI=1S/C16H18N4O/c17-13-5-6-14(12-4-3-7-18-11-12)19-15(13)10-16(21)20-8-1-2-9-20/h3-7,11H,1-2,8-10,17H2. The molecule has 0 saturated carbocycles. The van der Waals surface area contributed by atoms with Crippen LogP contribution in [0.3, 0.4) is 0 Å². The summed E-state index contributed by atoms with van der Waals surface area (Å²) in [6.45, 7) is 1.70. The highest BCUT2D eigenvalue weighted by Gasteiger charge is 2.19. The molecule has 3 rings (SSSR count). The fourth-order valence-electron chi connectivity index (χ4n) is 2.55. The van der Waals surface area contributed by atoms with Crippen LogP contribution in [0.1, 0.15) is 18.5 Å². The molecule has 1 aliphatic heterocycles. The number of carbonyl (C=O) groups is 1. The second-order valence-corrected chi connectivity index (χ2v) is 5.24. The van der Waals surface area contributed by atoms with E-state index in [-0.39, 0.29) is 12.3 Å². The molecule has 21 heavy (non-hydrogen) atoms. The predicted molar refractivity (Wildman–Crippen MR) is 81.4 cm³/mol. The minimum absolute atomic E-state index is 0.107. The van der Waals surface area contributed by atoms with Gasteiger partial charge in [-0.2, -0.15) is 0 Å². The Morgan fingerprint density at radius 1 is 1.24 bits per heavy atom. The Kier molecular flexibility index (Phi) is 3.81. The van der Waals surface area contributed by atoms with Crippen molar-refractivity contribution in [1.29, 1.82) is 0 Å². The minimum Gasteiger partial charge on any atom is -0.397 e. The highest BCUT2D eigenvalue weighted by atomic mass is 16.2. The quantitative estimate of drug-likeness (QED) is 0.933. The Morgan fingerprint density at radius 3 is 2.76 bits per heavy atom. The molecular weight excluding hydrogens is 264 g/mol. The summed E-state index contributed by atoms with van der Waals surface area (Å²) in [5.74, 6) is 0.107. The Bertz CT molecular complexity index is 636. The number of nitrogens with zero attached hydrogens (tertiary/aromatic N) is 3. The number of pyridine rings is 2. The van der Waals surface area contributed by atoms with Gasteiger partial charge in [-0.25, -0.2) is 0 Å². The lowest BCUT2D eigenvalue weighted by Gasteiger charge is -2.15. The van der Waals surface area contributed by atoms with E-state index in [1.807, 2.05) is 29.2 Å². The fourth-order valence-corrected chi connectivity index (χ4v) is 2.55. The van der Waals surface area contributed by atoms with Gasteiger partial charge in [0.2, 0.25) is 5.91 Å². The van der Waals surface area contributed by atoms with Crippen LogP contribution in [0.4, 0.5) is 5.69 Å². The molecule has 1 saturated heterocycles. The highest BCUT2D eigenvalue weighted by Crippen LogP contribution is 2.20. The van der Waals surface area contributed by atoms with Gasteiger partial charge in [-0.1, -0.05) is 0 Å². The maximum atomic E-state index is 12.2. The average molecular weight is 282 g/mol. The molecule has 0 radical (unpaired) electrons. The number of hydrogen-bond acceptors (Lipinski definition) is 4. The smallest absolute Gasteiger partial charge is 0.228 e. The highest BCUT2D eigenvalue weighted by molar-refractivity contribution is 5.80. The normalized spacial score (nSPS) is 14.4. The van der Waals surface area contributed by atoms with Gasteiger partial charge < -0.3 is 10.6 Å². The summed E-state index contributed by atoms with van der Waals surface area (Å²) in [5, 5.41) is 0. The zero-order valence-electron chi connectivity index (χ0n) is 11.8. The number of aromatic nitrogens is 2. The van der Waals surface area contributed by atoms with Crippen LogP contribution in [0.25, 0.3) is 11.3 Å². The topological polar surface area (TPSA) is 72.1 Å². The van der Waals surface area contributed by atoms with Gasteiger partial charge in [-0.15, -0.1) is 0 Å². The van der Waals surface area contributed by atoms with Crippen LogP contribution in [-0.2, 0) is 11.2 Å². The van der Waals surface area contributed by atoms with E-state index in [1.165, 1.54) is 0 Å². The van der Waals surface area contributed by atoms with Crippen molar-refractivity contribution in [2.45, 2.75) is 19.3 Å². The monoisotopic (exact) mass is 282 g/mol. The van der Waals surface area contributed by atoms with Crippen LogP contribution in [0.5, 0.6) is 0 Å². The van der Waals surface area contributed by atoms with E-state index in [9.17, 15) is 4.79 Å². The van der Waals surface area contributed by atoms with Crippen molar-refractivity contribution >= 4 is 11.6 Å². The number of carbonyl (C=O) groups excluding carboxylic acids is 1. The van der Waals surface area contributed by atoms with Crippen LogP contribution < -0.4 is 5.73 Å². The lowest BCUT2D eigenvalue weighted by atomic mass is 10.1. The Balaban J connectivity index is 1.83. The van der Waals surface area contributed by atoms with Gasteiger partial charge in [0.05, 0.1) is 23.5 Å². The van der Waals surface area contributed by atoms with Gasteiger partial charge >= 0.3 is 0 Å². The van der Waals surface area contributed by atoms with E-state index < -0.39 is 0 Å². The summed E-state index contributed by atoms with van der Waals surface area (Å²) >= 11 is 0. The van der Waals surface area contributed by atoms with E-state index in [2.05, 4.69) is 9.97 Å². The molecule has 1 aliphatic rings. The number of amides is 1.